The van der Waals surface area contributed by atoms with Crippen LogP contribution < -0.4 is 5.56 Å². The van der Waals surface area contributed by atoms with Crippen molar-refractivity contribution in [1.29, 1.82) is 0 Å². The van der Waals surface area contributed by atoms with Crippen molar-refractivity contribution >= 4 is 0 Å². The first kappa shape index (κ1) is 15.9. The largest absolute Gasteiger partial charge is 0.364 e. The number of H-pyrrole nitrogens is 1. The molecule has 0 amide bonds. The van der Waals surface area contributed by atoms with Gasteiger partial charge in [0.1, 0.15) is 12.0 Å². The second-order valence-corrected chi connectivity index (χ2v) is 5.81. The normalized spacial score (nSPS) is 11.0. The van der Waals surface area contributed by atoms with Crippen LogP contribution in [0.15, 0.2) is 58.3 Å². The summed E-state index contributed by atoms with van der Waals surface area (Å²) in [6, 6.07) is 9.72. The SMILES string of the molecule is Cc1ccccc1Cc1nn(-c2ncc(F)c(=O)[nH]2)cc1-c1ccon1. The van der Waals surface area contributed by atoms with Gasteiger partial charge in [-0.3, -0.25) is 9.78 Å². The molecule has 4 aromatic rings. The Morgan fingerprint density at radius 3 is 2.85 bits per heavy atom. The second-order valence-electron chi connectivity index (χ2n) is 5.81. The summed E-state index contributed by atoms with van der Waals surface area (Å²) in [5, 5.41) is 8.49. The molecule has 8 heteroatoms. The number of aromatic nitrogens is 5. The average molecular weight is 351 g/mol. The topological polar surface area (TPSA) is 89.6 Å². The van der Waals surface area contributed by atoms with Crippen molar-refractivity contribution < 1.29 is 8.91 Å². The lowest BCUT2D eigenvalue weighted by molar-refractivity contribution is 0.422. The molecule has 1 aromatic carbocycles. The number of hydrogen-bond donors (Lipinski definition) is 1. The summed E-state index contributed by atoms with van der Waals surface area (Å²) in [7, 11) is 0. The Kier molecular flexibility index (Phi) is 3.92. The highest BCUT2D eigenvalue weighted by atomic mass is 19.1. The van der Waals surface area contributed by atoms with Crippen molar-refractivity contribution in [2.45, 2.75) is 13.3 Å². The van der Waals surface area contributed by atoms with E-state index in [4.69, 9.17) is 4.52 Å². The lowest BCUT2D eigenvalue weighted by Gasteiger charge is -2.04. The Hall–Kier alpha value is -3.55. The smallest absolute Gasteiger partial charge is 0.288 e. The third-order valence-electron chi connectivity index (χ3n) is 4.08. The van der Waals surface area contributed by atoms with Gasteiger partial charge < -0.3 is 4.52 Å². The predicted molar refractivity (Wildman–Crippen MR) is 91.4 cm³/mol. The second kappa shape index (κ2) is 6.40. The predicted octanol–water partition coefficient (Wildman–Crippen LogP) is 2.65. The van der Waals surface area contributed by atoms with E-state index in [-0.39, 0.29) is 5.95 Å². The molecule has 130 valence electrons. The van der Waals surface area contributed by atoms with Crippen molar-refractivity contribution in [3.63, 3.8) is 0 Å². The van der Waals surface area contributed by atoms with Crippen LogP contribution in [-0.4, -0.2) is 24.9 Å². The van der Waals surface area contributed by atoms with Crippen LogP contribution in [0.2, 0.25) is 0 Å². The Balaban J connectivity index is 1.82. The standard InChI is InChI=1S/C18H14FN5O2/c1-11-4-2-3-5-12(11)8-16-13(15-6-7-26-23-15)10-24(22-16)18-20-9-14(19)17(25)21-18/h2-7,9-10H,8H2,1H3,(H,20,21,25). The maximum absolute atomic E-state index is 13.2. The summed E-state index contributed by atoms with van der Waals surface area (Å²) in [5.41, 5.74) is 3.50. The fourth-order valence-corrected chi connectivity index (χ4v) is 2.69. The molecule has 0 aliphatic rings. The van der Waals surface area contributed by atoms with Gasteiger partial charge >= 0.3 is 0 Å². The van der Waals surface area contributed by atoms with Gasteiger partial charge in [-0.1, -0.05) is 29.4 Å². The van der Waals surface area contributed by atoms with E-state index in [1.807, 2.05) is 31.2 Å². The van der Waals surface area contributed by atoms with Crippen molar-refractivity contribution in [3.8, 4) is 17.2 Å². The number of aromatic amines is 1. The average Bonchev–Trinajstić information content (AvgIpc) is 3.29. The fraction of sp³-hybridized carbons (Fsp3) is 0.111. The molecule has 4 rings (SSSR count). The third kappa shape index (κ3) is 2.92. The number of benzene rings is 1. The van der Waals surface area contributed by atoms with Crippen LogP contribution >= 0.6 is 0 Å². The molecule has 0 bridgehead atoms. The summed E-state index contributed by atoms with van der Waals surface area (Å²) in [5.74, 6) is -0.824. The molecule has 26 heavy (non-hydrogen) atoms. The monoisotopic (exact) mass is 351 g/mol. The summed E-state index contributed by atoms with van der Waals surface area (Å²) in [6.45, 7) is 2.03. The fourth-order valence-electron chi connectivity index (χ4n) is 2.69. The summed E-state index contributed by atoms with van der Waals surface area (Å²) < 4.78 is 19.5. The minimum absolute atomic E-state index is 0.122. The van der Waals surface area contributed by atoms with E-state index in [1.165, 1.54) is 10.9 Å². The summed E-state index contributed by atoms with van der Waals surface area (Å²) in [4.78, 5) is 17.8. The minimum atomic E-state index is -0.947. The van der Waals surface area contributed by atoms with E-state index >= 15 is 0 Å². The van der Waals surface area contributed by atoms with Gasteiger partial charge in [0.25, 0.3) is 5.56 Å². The van der Waals surface area contributed by atoms with E-state index in [2.05, 4.69) is 20.2 Å². The van der Waals surface area contributed by atoms with Crippen LogP contribution in [0.1, 0.15) is 16.8 Å². The summed E-state index contributed by atoms with van der Waals surface area (Å²) in [6.07, 6.45) is 4.59. The molecule has 3 heterocycles. The molecule has 0 spiro atoms. The zero-order valence-electron chi connectivity index (χ0n) is 13.8. The van der Waals surface area contributed by atoms with Crippen molar-refractivity contribution in [1.82, 2.24) is 24.9 Å². The van der Waals surface area contributed by atoms with E-state index in [0.717, 1.165) is 28.6 Å². The van der Waals surface area contributed by atoms with E-state index < -0.39 is 11.4 Å². The van der Waals surface area contributed by atoms with E-state index in [1.54, 1.807) is 12.3 Å². The van der Waals surface area contributed by atoms with Crippen molar-refractivity contribution in [2.75, 3.05) is 0 Å². The van der Waals surface area contributed by atoms with Gasteiger partial charge in [0, 0.05) is 24.2 Å². The maximum atomic E-state index is 13.2. The first-order chi connectivity index (χ1) is 12.6. The molecule has 0 saturated carbocycles. The number of nitrogens with zero attached hydrogens (tertiary/aromatic N) is 4. The van der Waals surface area contributed by atoms with Gasteiger partial charge in [0.05, 0.1) is 11.9 Å². The number of halogens is 1. The molecule has 3 aromatic heterocycles. The highest BCUT2D eigenvalue weighted by Crippen LogP contribution is 2.25. The molecule has 7 nitrogen and oxygen atoms in total. The van der Waals surface area contributed by atoms with Gasteiger partial charge in [-0.2, -0.15) is 9.49 Å². The number of hydrogen-bond acceptors (Lipinski definition) is 5. The Morgan fingerprint density at radius 2 is 2.12 bits per heavy atom. The quantitative estimate of drug-likeness (QED) is 0.610. The lowest BCUT2D eigenvalue weighted by Crippen LogP contribution is -2.16. The first-order valence-corrected chi connectivity index (χ1v) is 7.91. The van der Waals surface area contributed by atoms with Crippen LogP contribution in [-0.2, 0) is 6.42 Å². The zero-order valence-corrected chi connectivity index (χ0v) is 13.8. The molecule has 0 unspecified atom stereocenters. The van der Waals surface area contributed by atoms with Gasteiger partial charge in [-0.05, 0) is 18.1 Å². The Bertz CT molecular complexity index is 1110. The Labute approximate surface area is 147 Å². The van der Waals surface area contributed by atoms with E-state index in [0.29, 0.717) is 12.1 Å². The van der Waals surface area contributed by atoms with Crippen LogP contribution in [0, 0.1) is 12.7 Å². The number of nitrogens with one attached hydrogen (secondary N) is 1. The highest BCUT2D eigenvalue weighted by Gasteiger charge is 2.17. The highest BCUT2D eigenvalue weighted by molar-refractivity contribution is 5.61. The van der Waals surface area contributed by atoms with Gasteiger partial charge in [0.15, 0.2) is 0 Å². The molecule has 0 aliphatic carbocycles. The van der Waals surface area contributed by atoms with Crippen LogP contribution in [0.4, 0.5) is 4.39 Å². The molecule has 0 aliphatic heterocycles. The Morgan fingerprint density at radius 1 is 1.27 bits per heavy atom. The van der Waals surface area contributed by atoms with E-state index in [9.17, 15) is 9.18 Å². The van der Waals surface area contributed by atoms with Crippen LogP contribution in [0.5, 0.6) is 0 Å². The lowest BCUT2D eigenvalue weighted by atomic mass is 10.0. The van der Waals surface area contributed by atoms with Crippen LogP contribution in [0.3, 0.4) is 0 Å². The molecule has 0 saturated heterocycles. The molecular weight excluding hydrogens is 337 g/mol. The zero-order chi connectivity index (χ0) is 18.1. The number of aryl methyl sites for hydroxylation is 1. The summed E-state index contributed by atoms with van der Waals surface area (Å²) >= 11 is 0. The van der Waals surface area contributed by atoms with Crippen LogP contribution in [0.25, 0.3) is 17.2 Å². The number of rotatable bonds is 4. The van der Waals surface area contributed by atoms with Gasteiger partial charge in [-0.15, -0.1) is 0 Å². The molecule has 0 fully saturated rings. The molecular formula is C18H14FN5O2. The first-order valence-electron chi connectivity index (χ1n) is 7.91. The van der Waals surface area contributed by atoms with Crippen molar-refractivity contribution in [2.24, 2.45) is 0 Å². The maximum Gasteiger partial charge on any atom is 0.288 e. The van der Waals surface area contributed by atoms with Gasteiger partial charge in [0.2, 0.25) is 11.8 Å². The van der Waals surface area contributed by atoms with Crippen molar-refractivity contribution in [3.05, 3.63) is 82.0 Å². The molecule has 0 atom stereocenters. The minimum Gasteiger partial charge on any atom is -0.364 e. The molecule has 0 radical (unpaired) electrons. The third-order valence-corrected chi connectivity index (χ3v) is 4.08. The molecule has 1 N–H and O–H groups in total. The van der Waals surface area contributed by atoms with Gasteiger partial charge in [-0.25, -0.2) is 9.67 Å².